The molecule has 0 aliphatic carbocycles. The molecule has 0 bridgehead atoms. The number of amides is 3. The Bertz CT molecular complexity index is 991. The molecule has 29 heavy (non-hydrogen) atoms. The summed E-state index contributed by atoms with van der Waals surface area (Å²) in [5, 5.41) is 0. The fraction of sp³-hybridized carbons (Fsp3) is 0.0500. The van der Waals surface area contributed by atoms with Crippen LogP contribution in [0.3, 0.4) is 0 Å². The van der Waals surface area contributed by atoms with Crippen molar-refractivity contribution < 1.29 is 14.4 Å². The van der Waals surface area contributed by atoms with Gasteiger partial charge in [0.15, 0.2) is 0 Å². The second kappa shape index (κ2) is 9.76. The largest absolute Gasteiger partial charge is 0.283 e. The zero-order valence-corrected chi connectivity index (χ0v) is 16.7. The van der Waals surface area contributed by atoms with Crippen molar-refractivity contribution in [2.45, 2.75) is 0 Å². The highest BCUT2D eigenvalue weighted by Gasteiger charge is 2.33. The van der Waals surface area contributed by atoms with E-state index < -0.39 is 11.8 Å². The fourth-order valence-corrected chi connectivity index (χ4v) is 3.55. The molecule has 1 aromatic carbocycles. The van der Waals surface area contributed by atoms with Crippen LogP contribution in [0.25, 0.3) is 6.08 Å². The number of hydrogen-bond acceptors (Lipinski definition) is 6. The van der Waals surface area contributed by atoms with Crippen LogP contribution in [0.5, 0.6) is 0 Å². The van der Waals surface area contributed by atoms with Gasteiger partial charge >= 0.3 is 0 Å². The van der Waals surface area contributed by atoms with Crippen molar-refractivity contribution in [2.75, 3.05) is 6.54 Å². The third kappa shape index (κ3) is 5.59. The van der Waals surface area contributed by atoms with Crippen molar-refractivity contribution in [3.8, 4) is 0 Å². The Morgan fingerprint density at radius 1 is 1.10 bits per heavy atom. The van der Waals surface area contributed by atoms with Gasteiger partial charge in [-0.1, -0.05) is 66.5 Å². The first-order chi connectivity index (χ1) is 14.0. The maximum absolute atomic E-state index is 12.5. The van der Waals surface area contributed by atoms with Gasteiger partial charge in [0.1, 0.15) is 10.9 Å². The maximum Gasteiger partial charge on any atom is 0.269 e. The van der Waals surface area contributed by atoms with Crippen LogP contribution in [0.1, 0.15) is 15.9 Å². The van der Waals surface area contributed by atoms with Gasteiger partial charge in [-0.15, -0.1) is 0 Å². The van der Waals surface area contributed by atoms with Gasteiger partial charge in [0.2, 0.25) is 0 Å². The number of thioether (sulfide) groups is 1. The van der Waals surface area contributed by atoms with Crippen LogP contribution in [-0.4, -0.2) is 38.5 Å². The minimum atomic E-state index is -0.565. The standard InChI is InChI=1S/C20H16N4O3S2/c25-17(22-23-18(26)15-9-11-21-12-10-15)13-24-19(27)16(29-20(24)28)8-4-7-14-5-2-1-3-6-14/h1-12H,13H2,(H,22,25)(H,23,26). The number of carbonyl (C=O) groups excluding carboxylic acids is 3. The normalized spacial score (nSPS) is 15.2. The molecular formula is C20H16N4O3S2. The minimum absolute atomic E-state index is 0.282. The molecular weight excluding hydrogens is 408 g/mol. The average Bonchev–Trinajstić information content (AvgIpc) is 3.01. The Balaban J connectivity index is 1.54. The predicted octanol–water partition coefficient (Wildman–Crippen LogP) is 2.30. The van der Waals surface area contributed by atoms with Gasteiger partial charge in [-0.25, -0.2) is 0 Å². The van der Waals surface area contributed by atoms with Gasteiger partial charge in [0, 0.05) is 18.0 Å². The van der Waals surface area contributed by atoms with Crippen molar-refractivity contribution >= 4 is 52.1 Å². The molecule has 1 aromatic heterocycles. The first-order valence-corrected chi connectivity index (χ1v) is 9.73. The molecule has 1 aliphatic rings. The molecule has 9 heteroatoms. The zero-order chi connectivity index (χ0) is 20.6. The van der Waals surface area contributed by atoms with Crippen LogP contribution in [0.15, 0.2) is 71.9 Å². The summed E-state index contributed by atoms with van der Waals surface area (Å²) in [7, 11) is 0. The second-order valence-electron chi connectivity index (χ2n) is 5.80. The number of thiocarbonyl (C=S) groups is 1. The number of aromatic nitrogens is 1. The summed E-state index contributed by atoms with van der Waals surface area (Å²) >= 11 is 6.32. The van der Waals surface area contributed by atoms with E-state index in [1.807, 2.05) is 36.4 Å². The SMILES string of the molecule is O=C(CN1C(=O)C(=CC=Cc2ccccc2)SC1=S)NNC(=O)c1ccncc1. The van der Waals surface area contributed by atoms with Crippen molar-refractivity contribution in [2.24, 2.45) is 0 Å². The molecule has 3 amide bonds. The highest BCUT2D eigenvalue weighted by Crippen LogP contribution is 2.30. The summed E-state index contributed by atoms with van der Waals surface area (Å²) in [4.78, 5) is 41.9. The Morgan fingerprint density at radius 2 is 1.83 bits per heavy atom. The molecule has 2 N–H and O–H groups in total. The Kier molecular flexibility index (Phi) is 6.88. The van der Waals surface area contributed by atoms with E-state index in [4.69, 9.17) is 12.2 Å². The molecule has 2 aromatic rings. The molecule has 0 saturated carbocycles. The van der Waals surface area contributed by atoms with E-state index in [1.165, 1.54) is 29.4 Å². The average molecular weight is 425 g/mol. The van der Waals surface area contributed by atoms with Gasteiger partial charge in [-0.05, 0) is 23.8 Å². The zero-order valence-electron chi connectivity index (χ0n) is 15.1. The van der Waals surface area contributed by atoms with E-state index in [-0.39, 0.29) is 16.8 Å². The minimum Gasteiger partial charge on any atom is -0.283 e. The van der Waals surface area contributed by atoms with Crippen LogP contribution in [-0.2, 0) is 9.59 Å². The highest BCUT2D eigenvalue weighted by atomic mass is 32.2. The molecule has 3 rings (SSSR count). The van der Waals surface area contributed by atoms with Crippen molar-refractivity contribution in [1.29, 1.82) is 0 Å². The van der Waals surface area contributed by atoms with Crippen molar-refractivity contribution in [3.05, 3.63) is 83.0 Å². The van der Waals surface area contributed by atoms with Gasteiger partial charge in [0.25, 0.3) is 17.7 Å². The van der Waals surface area contributed by atoms with E-state index in [2.05, 4.69) is 15.8 Å². The van der Waals surface area contributed by atoms with Gasteiger partial charge < -0.3 is 0 Å². The fourth-order valence-electron chi connectivity index (χ4n) is 2.35. The molecule has 7 nitrogen and oxygen atoms in total. The summed E-state index contributed by atoms with van der Waals surface area (Å²) in [6.07, 6.45) is 8.23. The maximum atomic E-state index is 12.5. The van der Waals surface area contributed by atoms with Gasteiger partial charge in [0.05, 0.1) is 4.91 Å². The number of nitrogens with one attached hydrogen (secondary N) is 2. The smallest absolute Gasteiger partial charge is 0.269 e. The molecule has 0 unspecified atom stereocenters. The first-order valence-electron chi connectivity index (χ1n) is 8.51. The number of hydrazine groups is 1. The third-order valence-electron chi connectivity index (χ3n) is 3.77. The Morgan fingerprint density at radius 3 is 2.55 bits per heavy atom. The third-order valence-corrected chi connectivity index (χ3v) is 5.17. The second-order valence-corrected chi connectivity index (χ2v) is 7.47. The molecule has 0 radical (unpaired) electrons. The Labute approximate surface area is 176 Å². The topological polar surface area (TPSA) is 91.4 Å². The lowest BCUT2D eigenvalue weighted by Gasteiger charge is -2.14. The highest BCUT2D eigenvalue weighted by molar-refractivity contribution is 8.26. The van der Waals surface area contributed by atoms with Crippen LogP contribution >= 0.6 is 24.0 Å². The first kappa shape index (κ1) is 20.4. The molecule has 1 aliphatic heterocycles. The molecule has 2 heterocycles. The molecule has 1 saturated heterocycles. The summed E-state index contributed by atoms with van der Waals surface area (Å²) in [6, 6.07) is 12.7. The lowest BCUT2D eigenvalue weighted by atomic mass is 10.2. The number of carbonyl (C=O) groups is 3. The van der Waals surface area contributed by atoms with Crippen molar-refractivity contribution in [1.82, 2.24) is 20.7 Å². The van der Waals surface area contributed by atoms with Crippen molar-refractivity contribution in [3.63, 3.8) is 0 Å². The number of hydrogen-bond donors (Lipinski definition) is 2. The van der Waals surface area contributed by atoms with E-state index in [0.29, 0.717) is 10.5 Å². The summed E-state index contributed by atoms with van der Waals surface area (Å²) in [6.45, 7) is -0.291. The van der Waals surface area contributed by atoms with Gasteiger partial charge in [-0.2, -0.15) is 0 Å². The van der Waals surface area contributed by atoms with E-state index >= 15 is 0 Å². The van der Waals surface area contributed by atoms with Gasteiger partial charge in [-0.3, -0.25) is 35.1 Å². The number of nitrogens with zero attached hydrogens (tertiary/aromatic N) is 2. The number of rotatable bonds is 5. The molecule has 1 fully saturated rings. The summed E-state index contributed by atoms with van der Waals surface area (Å²) in [5.41, 5.74) is 5.91. The number of benzene rings is 1. The Hall–Kier alpha value is -3.30. The van der Waals surface area contributed by atoms with E-state index in [1.54, 1.807) is 12.2 Å². The van der Waals surface area contributed by atoms with Crippen LogP contribution in [0.2, 0.25) is 0 Å². The lowest BCUT2D eigenvalue weighted by Crippen LogP contribution is -2.47. The lowest BCUT2D eigenvalue weighted by molar-refractivity contribution is -0.129. The van der Waals surface area contributed by atoms with E-state index in [0.717, 1.165) is 17.3 Å². The molecule has 0 atom stereocenters. The summed E-state index contributed by atoms with van der Waals surface area (Å²) in [5.74, 6) is -1.41. The van der Waals surface area contributed by atoms with Crippen LogP contribution in [0.4, 0.5) is 0 Å². The number of allylic oxidation sites excluding steroid dienone is 2. The quantitative estimate of drug-likeness (QED) is 0.435. The van der Waals surface area contributed by atoms with E-state index in [9.17, 15) is 14.4 Å². The van der Waals surface area contributed by atoms with Crippen LogP contribution < -0.4 is 10.9 Å². The monoisotopic (exact) mass is 424 g/mol. The van der Waals surface area contributed by atoms with Crippen LogP contribution in [0, 0.1) is 0 Å². The molecule has 0 spiro atoms. The predicted molar refractivity (Wildman–Crippen MR) is 115 cm³/mol. The number of pyridine rings is 1. The summed E-state index contributed by atoms with van der Waals surface area (Å²) < 4.78 is 0.282. The molecule has 146 valence electrons.